The Bertz CT molecular complexity index is 688. The van der Waals surface area contributed by atoms with E-state index >= 15 is 0 Å². The zero-order chi connectivity index (χ0) is 17.6. The van der Waals surface area contributed by atoms with Crippen molar-refractivity contribution in [2.24, 2.45) is 5.92 Å². The van der Waals surface area contributed by atoms with Crippen molar-refractivity contribution in [1.82, 2.24) is 24.8 Å². The lowest BCUT2D eigenvalue weighted by molar-refractivity contribution is 0.185. The number of amides is 2. The molecule has 1 aliphatic rings. The summed E-state index contributed by atoms with van der Waals surface area (Å²) < 4.78 is 7.97. The number of nitrogens with one attached hydrogen (secondary N) is 1. The molecule has 0 saturated carbocycles. The number of urea groups is 1. The highest BCUT2D eigenvalue weighted by molar-refractivity contribution is 5.74. The Balaban J connectivity index is 1.41. The number of ether oxygens (including phenoxy) is 1. The van der Waals surface area contributed by atoms with Gasteiger partial charge < -0.3 is 19.5 Å². The van der Waals surface area contributed by atoms with Crippen molar-refractivity contribution in [2.75, 3.05) is 19.6 Å². The Hall–Kier alpha value is -2.57. The minimum Gasteiger partial charge on any atom is -0.487 e. The van der Waals surface area contributed by atoms with Crippen molar-refractivity contribution >= 4 is 6.03 Å². The van der Waals surface area contributed by atoms with Gasteiger partial charge in [0.1, 0.15) is 17.7 Å². The van der Waals surface area contributed by atoms with Crippen LogP contribution < -0.4 is 10.1 Å². The molecule has 0 aromatic carbocycles. The molecule has 0 bridgehead atoms. The van der Waals surface area contributed by atoms with Crippen LogP contribution in [-0.4, -0.2) is 51.2 Å². The summed E-state index contributed by atoms with van der Waals surface area (Å²) in [6.45, 7) is 6.91. The second kappa shape index (κ2) is 8.00. The molecule has 2 amide bonds. The summed E-state index contributed by atoms with van der Waals surface area (Å²) >= 11 is 0. The van der Waals surface area contributed by atoms with Gasteiger partial charge in [0.15, 0.2) is 0 Å². The number of nitrogens with zero attached hydrogens (tertiary/aromatic N) is 4. The van der Waals surface area contributed by atoms with Gasteiger partial charge in [0, 0.05) is 44.6 Å². The summed E-state index contributed by atoms with van der Waals surface area (Å²) in [4.78, 5) is 22.4. The predicted octanol–water partition coefficient (Wildman–Crippen LogP) is 2.09. The molecule has 2 atom stereocenters. The van der Waals surface area contributed by atoms with Crippen LogP contribution in [0.3, 0.4) is 0 Å². The molecular formula is C18H25N5O2. The smallest absolute Gasteiger partial charge is 0.317 e. The Kier molecular flexibility index (Phi) is 5.53. The molecule has 134 valence electrons. The summed E-state index contributed by atoms with van der Waals surface area (Å²) in [6.07, 6.45) is 8.05. The van der Waals surface area contributed by atoms with E-state index in [9.17, 15) is 4.79 Å². The van der Waals surface area contributed by atoms with E-state index in [1.165, 1.54) is 0 Å². The minimum absolute atomic E-state index is 0.0218. The van der Waals surface area contributed by atoms with Crippen molar-refractivity contribution < 1.29 is 9.53 Å². The summed E-state index contributed by atoms with van der Waals surface area (Å²) in [7, 11) is 0. The van der Waals surface area contributed by atoms with Gasteiger partial charge in [0.25, 0.3) is 0 Å². The third-order valence-corrected chi connectivity index (χ3v) is 4.40. The van der Waals surface area contributed by atoms with Gasteiger partial charge >= 0.3 is 6.03 Å². The highest BCUT2D eigenvalue weighted by Crippen LogP contribution is 2.17. The van der Waals surface area contributed by atoms with Crippen molar-refractivity contribution in [3.05, 3.63) is 42.7 Å². The highest BCUT2D eigenvalue weighted by Gasteiger charge is 2.27. The van der Waals surface area contributed by atoms with E-state index in [0.717, 1.165) is 24.5 Å². The van der Waals surface area contributed by atoms with Crippen molar-refractivity contribution in [1.29, 1.82) is 0 Å². The van der Waals surface area contributed by atoms with Crippen LogP contribution in [0.2, 0.25) is 0 Å². The third kappa shape index (κ3) is 4.71. The molecule has 1 aliphatic heterocycles. The van der Waals surface area contributed by atoms with Crippen LogP contribution in [0, 0.1) is 12.8 Å². The average Bonchev–Trinajstić information content (AvgIpc) is 3.23. The van der Waals surface area contributed by atoms with Crippen LogP contribution in [0.5, 0.6) is 5.75 Å². The molecule has 1 fully saturated rings. The molecule has 25 heavy (non-hydrogen) atoms. The lowest BCUT2D eigenvalue weighted by Crippen LogP contribution is -2.41. The fraction of sp³-hybridized carbons (Fsp3) is 0.500. The maximum absolute atomic E-state index is 12.3. The number of imidazole rings is 1. The molecule has 0 aliphatic carbocycles. The number of likely N-dealkylation sites (tertiary alicyclic amines) is 1. The fourth-order valence-electron chi connectivity index (χ4n) is 2.99. The van der Waals surface area contributed by atoms with Gasteiger partial charge in [-0.3, -0.25) is 4.98 Å². The maximum atomic E-state index is 12.3. The number of aromatic nitrogens is 3. The molecule has 0 radical (unpaired) electrons. The largest absolute Gasteiger partial charge is 0.487 e. The fourth-order valence-corrected chi connectivity index (χ4v) is 2.99. The normalized spacial score (nSPS) is 18.2. The van der Waals surface area contributed by atoms with Crippen molar-refractivity contribution in [2.45, 2.75) is 32.9 Å². The molecule has 7 nitrogen and oxygen atoms in total. The summed E-state index contributed by atoms with van der Waals surface area (Å²) in [5, 5.41) is 3.03. The van der Waals surface area contributed by atoms with Crippen LogP contribution in [0.4, 0.5) is 4.79 Å². The SMILES string of the molecule is Cc1nccn1C[C@H](C)CNC(=O)N1CC[C@H](Oc2cccnc2)C1. The van der Waals surface area contributed by atoms with Gasteiger partial charge in [0.2, 0.25) is 0 Å². The monoisotopic (exact) mass is 343 g/mol. The Labute approximate surface area is 148 Å². The number of carbonyl (C=O) groups excluding carboxylic acids is 1. The second-order valence-electron chi connectivity index (χ2n) is 6.58. The lowest BCUT2D eigenvalue weighted by atomic mass is 10.2. The quantitative estimate of drug-likeness (QED) is 0.872. The minimum atomic E-state index is -0.0218. The first-order chi connectivity index (χ1) is 12.1. The predicted molar refractivity (Wildman–Crippen MR) is 94.4 cm³/mol. The molecule has 3 rings (SSSR count). The van der Waals surface area contributed by atoms with E-state index in [2.05, 4.69) is 26.8 Å². The number of hydrogen-bond acceptors (Lipinski definition) is 4. The van der Waals surface area contributed by atoms with Gasteiger partial charge in [-0.25, -0.2) is 9.78 Å². The number of carbonyl (C=O) groups is 1. The van der Waals surface area contributed by atoms with E-state index in [1.54, 1.807) is 18.6 Å². The van der Waals surface area contributed by atoms with Gasteiger partial charge in [-0.05, 0) is 25.0 Å². The van der Waals surface area contributed by atoms with Gasteiger partial charge in [0.05, 0.1) is 12.7 Å². The van der Waals surface area contributed by atoms with Crippen LogP contribution in [-0.2, 0) is 6.54 Å². The molecule has 1 N–H and O–H groups in total. The lowest BCUT2D eigenvalue weighted by Gasteiger charge is -2.20. The van der Waals surface area contributed by atoms with Gasteiger partial charge in [-0.15, -0.1) is 0 Å². The number of aryl methyl sites for hydroxylation is 1. The van der Waals surface area contributed by atoms with Crippen LogP contribution in [0.25, 0.3) is 0 Å². The number of rotatable bonds is 6. The summed E-state index contributed by atoms with van der Waals surface area (Å²) in [5.74, 6) is 2.08. The maximum Gasteiger partial charge on any atom is 0.317 e. The van der Waals surface area contributed by atoms with E-state index < -0.39 is 0 Å². The zero-order valence-electron chi connectivity index (χ0n) is 14.8. The summed E-state index contributed by atoms with van der Waals surface area (Å²) in [5.41, 5.74) is 0. The molecule has 7 heteroatoms. The topological polar surface area (TPSA) is 72.3 Å². The van der Waals surface area contributed by atoms with Crippen LogP contribution >= 0.6 is 0 Å². The molecular weight excluding hydrogens is 318 g/mol. The summed E-state index contributed by atoms with van der Waals surface area (Å²) in [6, 6.07) is 3.71. The molecule has 1 saturated heterocycles. The molecule has 0 spiro atoms. The highest BCUT2D eigenvalue weighted by atomic mass is 16.5. The first-order valence-electron chi connectivity index (χ1n) is 8.69. The van der Waals surface area contributed by atoms with E-state index in [1.807, 2.05) is 30.2 Å². The molecule has 2 aromatic rings. The second-order valence-corrected chi connectivity index (χ2v) is 6.58. The first-order valence-corrected chi connectivity index (χ1v) is 8.69. The standard InChI is InChI=1S/C18H25N5O2/c1-14(12-22-9-7-20-15(22)2)10-21-18(24)23-8-5-17(13-23)25-16-4-3-6-19-11-16/h3-4,6-7,9,11,14,17H,5,8,10,12-13H2,1-2H3,(H,21,24)/t14-,17+/m1/s1. The molecule has 3 heterocycles. The van der Waals surface area contributed by atoms with Crippen molar-refractivity contribution in [3.8, 4) is 5.75 Å². The number of hydrogen-bond donors (Lipinski definition) is 1. The Morgan fingerprint density at radius 1 is 1.48 bits per heavy atom. The average molecular weight is 343 g/mol. The van der Waals surface area contributed by atoms with Crippen molar-refractivity contribution in [3.63, 3.8) is 0 Å². The first kappa shape index (κ1) is 17.3. The molecule has 0 unspecified atom stereocenters. The zero-order valence-corrected chi connectivity index (χ0v) is 14.8. The Morgan fingerprint density at radius 2 is 2.36 bits per heavy atom. The van der Waals surface area contributed by atoms with Gasteiger partial charge in [-0.2, -0.15) is 0 Å². The third-order valence-electron chi connectivity index (χ3n) is 4.40. The number of pyridine rings is 1. The van der Waals surface area contributed by atoms with Gasteiger partial charge in [-0.1, -0.05) is 6.92 Å². The Morgan fingerprint density at radius 3 is 3.08 bits per heavy atom. The van der Waals surface area contributed by atoms with Crippen LogP contribution in [0.1, 0.15) is 19.2 Å². The molecule has 2 aromatic heterocycles. The van der Waals surface area contributed by atoms with Crippen LogP contribution in [0.15, 0.2) is 36.9 Å². The van der Waals surface area contributed by atoms with E-state index in [-0.39, 0.29) is 12.1 Å². The van der Waals surface area contributed by atoms with E-state index in [4.69, 9.17) is 4.74 Å². The van der Waals surface area contributed by atoms with E-state index in [0.29, 0.717) is 25.6 Å².